The Balaban J connectivity index is 1.70. The molecule has 1 amide bonds. The van der Waals surface area contributed by atoms with Crippen molar-refractivity contribution < 1.29 is 24.7 Å². The van der Waals surface area contributed by atoms with Crippen LogP contribution in [-0.4, -0.2) is 31.8 Å². The van der Waals surface area contributed by atoms with E-state index in [0.717, 1.165) is 15.8 Å². The highest BCUT2D eigenvalue weighted by molar-refractivity contribution is 7.22. The number of anilines is 1. The molecule has 2 heterocycles. The van der Waals surface area contributed by atoms with E-state index in [9.17, 15) is 29.9 Å². The topological polar surface area (TPSA) is 134 Å². The van der Waals surface area contributed by atoms with Crippen LogP contribution < -0.4 is 4.90 Å². The number of carbonyl (C=O) groups is 2. The Bertz CT molecular complexity index is 1550. The summed E-state index contributed by atoms with van der Waals surface area (Å²) in [5.74, 6) is -2.23. The van der Waals surface area contributed by atoms with Crippen molar-refractivity contribution in [3.63, 3.8) is 0 Å². The SMILES string of the molecule is Cc1cc2nc(N3C(=O)C(=O)/C(=C(/O)c4ccc([N+](=O)[O-])cc4)C3c3ccc(O)cc3)sc2cc1C. The van der Waals surface area contributed by atoms with Crippen molar-refractivity contribution >= 4 is 49.8 Å². The third kappa shape index (κ3) is 3.77. The Kier molecular flexibility index (Phi) is 5.52. The molecule has 2 N–H and O–H groups in total. The first kappa shape index (κ1) is 23.2. The minimum Gasteiger partial charge on any atom is -0.508 e. The smallest absolute Gasteiger partial charge is 0.301 e. The average molecular weight is 502 g/mol. The monoisotopic (exact) mass is 501 g/mol. The highest BCUT2D eigenvalue weighted by Gasteiger charge is 2.48. The number of non-ortho nitro benzene ring substituents is 1. The summed E-state index contributed by atoms with van der Waals surface area (Å²) < 4.78 is 0.842. The molecule has 5 rings (SSSR count). The number of nitrogens with zero attached hydrogens (tertiary/aromatic N) is 3. The second kappa shape index (κ2) is 8.58. The summed E-state index contributed by atoms with van der Waals surface area (Å²) >= 11 is 1.25. The molecule has 36 heavy (non-hydrogen) atoms. The van der Waals surface area contributed by atoms with Crippen LogP contribution in [0.1, 0.15) is 28.3 Å². The number of phenols is 1. The Morgan fingerprint density at radius 1 is 1.03 bits per heavy atom. The Hall–Kier alpha value is -4.57. The molecule has 180 valence electrons. The first-order valence-electron chi connectivity index (χ1n) is 10.9. The largest absolute Gasteiger partial charge is 0.508 e. The molecule has 0 bridgehead atoms. The van der Waals surface area contributed by atoms with Crippen molar-refractivity contribution in [2.75, 3.05) is 4.90 Å². The number of aliphatic hydroxyl groups is 1. The third-order valence-corrected chi connectivity index (χ3v) is 7.22. The molecule has 3 aromatic carbocycles. The van der Waals surface area contributed by atoms with Gasteiger partial charge >= 0.3 is 5.91 Å². The maximum Gasteiger partial charge on any atom is 0.301 e. The van der Waals surface area contributed by atoms with E-state index < -0.39 is 28.4 Å². The lowest BCUT2D eigenvalue weighted by atomic mass is 9.95. The van der Waals surface area contributed by atoms with Gasteiger partial charge in [-0.3, -0.25) is 24.6 Å². The zero-order valence-corrected chi connectivity index (χ0v) is 19.9. The number of nitro benzene ring substituents is 1. The molecule has 1 aromatic heterocycles. The van der Waals surface area contributed by atoms with Crippen LogP contribution in [-0.2, 0) is 9.59 Å². The maximum absolute atomic E-state index is 13.3. The Morgan fingerprint density at radius 2 is 1.67 bits per heavy atom. The second-order valence-electron chi connectivity index (χ2n) is 8.47. The lowest BCUT2D eigenvalue weighted by Crippen LogP contribution is -2.29. The van der Waals surface area contributed by atoms with E-state index in [1.54, 1.807) is 12.1 Å². The van der Waals surface area contributed by atoms with Crippen LogP contribution in [0.25, 0.3) is 16.0 Å². The third-order valence-electron chi connectivity index (χ3n) is 6.20. The number of aliphatic hydroxyl groups excluding tert-OH is 1. The molecule has 0 saturated carbocycles. The molecular formula is C26H19N3O6S. The number of ketones is 1. The van der Waals surface area contributed by atoms with Gasteiger partial charge in [0.15, 0.2) is 5.13 Å². The maximum atomic E-state index is 13.3. The van der Waals surface area contributed by atoms with E-state index in [-0.39, 0.29) is 27.7 Å². The van der Waals surface area contributed by atoms with E-state index in [1.807, 2.05) is 26.0 Å². The number of Topliss-reactive ketones (excluding diaryl/α,β-unsaturated/α-hetero) is 1. The number of aromatic hydroxyl groups is 1. The van der Waals surface area contributed by atoms with Crippen LogP contribution in [0, 0.1) is 24.0 Å². The summed E-state index contributed by atoms with van der Waals surface area (Å²) in [6.45, 7) is 3.93. The molecule has 1 aliphatic rings. The van der Waals surface area contributed by atoms with Gasteiger partial charge in [0.2, 0.25) is 0 Å². The normalized spacial score (nSPS) is 17.2. The summed E-state index contributed by atoms with van der Waals surface area (Å²) in [4.78, 5) is 42.9. The van der Waals surface area contributed by atoms with Gasteiger partial charge in [-0.15, -0.1) is 0 Å². The fraction of sp³-hybridized carbons (Fsp3) is 0.115. The molecule has 0 radical (unpaired) electrons. The molecule has 4 aromatic rings. The van der Waals surface area contributed by atoms with Gasteiger partial charge in [0, 0.05) is 17.7 Å². The van der Waals surface area contributed by atoms with Crippen molar-refractivity contribution in [2.24, 2.45) is 0 Å². The molecule has 10 heteroatoms. The predicted octanol–water partition coefficient (Wildman–Crippen LogP) is 5.15. The number of hydrogen-bond acceptors (Lipinski definition) is 8. The average Bonchev–Trinajstić information content (AvgIpc) is 3.37. The van der Waals surface area contributed by atoms with Gasteiger partial charge in [-0.2, -0.15) is 0 Å². The molecule has 9 nitrogen and oxygen atoms in total. The van der Waals surface area contributed by atoms with Gasteiger partial charge in [-0.1, -0.05) is 23.5 Å². The van der Waals surface area contributed by atoms with Crippen LogP contribution in [0.2, 0.25) is 0 Å². The van der Waals surface area contributed by atoms with Crippen LogP contribution in [0.3, 0.4) is 0 Å². The molecule has 1 fully saturated rings. The number of phenolic OH excluding ortho intramolecular Hbond substituents is 1. The summed E-state index contributed by atoms with van der Waals surface area (Å²) in [5.41, 5.74) is 3.05. The molecule has 1 unspecified atom stereocenters. The van der Waals surface area contributed by atoms with E-state index in [2.05, 4.69) is 4.98 Å². The predicted molar refractivity (Wildman–Crippen MR) is 135 cm³/mol. The fourth-order valence-electron chi connectivity index (χ4n) is 4.17. The zero-order chi connectivity index (χ0) is 25.7. The quantitative estimate of drug-likeness (QED) is 0.130. The van der Waals surface area contributed by atoms with E-state index in [4.69, 9.17) is 0 Å². The summed E-state index contributed by atoms with van der Waals surface area (Å²) in [6.07, 6.45) is 0. The number of benzene rings is 3. The summed E-state index contributed by atoms with van der Waals surface area (Å²) in [6, 6.07) is 13.9. The fourth-order valence-corrected chi connectivity index (χ4v) is 5.24. The Labute approximate surface area is 208 Å². The van der Waals surface area contributed by atoms with E-state index >= 15 is 0 Å². The number of amides is 1. The molecule has 0 spiro atoms. The second-order valence-corrected chi connectivity index (χ2v) is 9.47. The molecular weight excluding hydrogens is 482 g/mol. The van der Waals surface area contributed by atoms with Crippen LogP contribution >= 0.6 is 11.3 Å². The van der Waals surface area contributed by atoms with E-state index in [1.165, 1.54) is 52.6 Å². The van der Waals surface area contributed by atoms with Gasteiger partial charge in [-0.05, 0) is 66.9 Å². The number of rotatable bonds is 4. The van der Waals surface area contributed by atoms with E-state index in [0.29, 0.717) is 11.1 Å². The first-order valence-corrected chi connectivity index (χ1v) is 11.7. The Morgan fingerprint density at radius 3 is 2.31 bits per heavy atom. The van der Waals surface area contributed by atoms with Crippen molar-refractivity contribution in [1.82, 2.24) is 4.98 Å². The van der Waals surface area contributed by atoms with Gasteiger partial charge in [0.05, 0.1) is 26.8 Å². The lowest BCUT2D eigenvalue weighted by molar-refractivity contribution is -0.384. The highest BCUT2D eigenvalue weighted by atomic mass is 32.1. The van der Waals surface area contributed by atoms with Crippen molar-refractivity contribution in [3.05, 3.63) is 98.6 Å². The number of fused-ring (bicyclic) bond motifs is 1. The minimum atomic E-state index is -1.02. The number of carbonyl (C=O) groups excluding carboxylic acids is 2. The number of aromatic nitrogens is 1. The minimum absolute atomic E-state index is 0.00277. The van der Waals surface area contributed by atoms with Gasteiger partial charge in [0.1, 0.15) is 11.5 Å². The van der Waals surface area contributed by atoms with Crippen LogP contribution in [0.4, 0.5) is 10.8 Å². The van der Waals surface area contributed by atoms with Gasteiger partial charge < -0.3 is 10.2 Å². The summed E-state index contributed by atoms with van der Waals surface area (Å²) in [7, 11) is 0. The van der Waals surface area contributed by atoms with Gasteiger partial charge in [-0.25, -0.2) is 4.98 Å². The standard InChI is InChI=1S/C26H19N3O6S/c1-13-11-19-20(12-14(13)2)36-26(27-19)28-22(15-5-9-18(30)10-6-15)21(24(32)25(28)33)23(31)16-3-7-17(8-4-16)29(34)35/h3-12,22,30-31H,1-2H3/b23-21+. The number of thiazole rings is 1. The van der Waals surface area contributed by atoms with Crippen molar-refractivity contribution in [2.45, 2.75) is 19.9 Å². The molecule has 1 saturated heterocycles. The molecule has 0 aliphatic carbocycles. The highest BCUT2D eigenvalue weighted by Crippen LogP contribution is 2.44. The number of nitro groups is 1. The lowest BCUT2D eigenvalue weighted by Gasteiger charge is -2.23. The summed E-state index contributed by atoms with van der Waals surface area (Å²) in [5, 5.41) is 32.2. The number of aryl methyl sites for hydroxylation is 2. The van der Waals surface area contributed by atoms with Crippen molar-refractivity contribution in [3.8, 4) is 5.75 Å². The van der Waals surface area contributed by atoms with Gasteiger partial charge in [0.25, 0.3) is 11.5 Å². The molecule has 1 aliphatic heterocycles. The first-order chi connectivity index (χ1) is 17.2. The number of hydrogen-bond donors (Lipinski definition) is 2. The van der Waals surface area contributed by atoms with Crippen molar-refractivity contribution in [1.29, 1.82) is 0 Å². The zero-order valence-electron chi connectivity index (χ0n) is 19.1. The van der Waals surface area contributed by atoms with Crippen LogP contribution in [0.5, 0.6) is 5.75 Å². The molecule has 1 atom stereocenters. The van der Waals surface area contributed by atoms with Crippen LogP contribution in [0.15, 0.2) is 66.2 Å².